The van der Waals surface area contributed by atoms with Crippen molar-refractivity contribution >= 4 is 5.91 Å². The first-order valence-electron chi connectivity index (χ1n) is 7.82. The number of hydrogen-bond acceptors (Lipinski definition) is 4. The van der Waals surface area contributed by atoms with Crippen LogP contribution in [0.25, 0.3) is 0 Å². The van der Waals surface area contributed by atoms with Crippen LogP contribution in [0, 0.1) is 0 Å². The van der Waals surface area contributed by atoms with E-state index in [2.05, 4.69) is 21.7 Å². The molecule has 1 aromatic carbocycles. The molecule has 0 saturated carbocycles. The summed E-state index contributed by atoms with van der Waals surface area (Å²) in [4.78, 5) is 16.3. The van der Waals surface area contributed by atoms with Crippen LogP contribution in [0.4, 0.5) is 0 Å². The standard InChI is InChI=1S/C17H22N4O2/c1-23-15-8-16(19-10-15)17(22)20-9-13-4-2-3-5-14(13)11-21-7-6-18-12-21/h2-7,12,15-16,19H,8-11H2,1H3,(H,20,22)/t15-,16-/m0/s1. The minimum Gasteiger partial charge on any atom is -0.380 e. The molecule has 2 N–H and O–H groups in total. The molecule has 23 heavy (non-hydrogen) atoms. The second-order valence-corrected chi connectivity index (χ2v) is 5.78. The van der Waals surface area contributed by atoms with Gasteiger partial charge in [0.1, 0.15) is 0 Å². The van der Waals surface area contributed by atoms with Crippen molar-refractivity contribution in [2.24, 2.45) is 0 Å². The Morgan fingerprint density at radius 2 is 2.26 bits per heavy atom. The third-order valence-electron chi connectivity index (χ3n) is 4.22. The number of hydrogen-bond donors (Lipinski definition) is 2. The first-order valence-corrected chi connectivity index (χ1v) is 7.82. The number of imidazole rings is 1. The van der Waals surface area contributed by atoms with Gasteiger partial charge in [0.25, 0.3) is 0 Å². The average molecular weight is 314 g/mol. The van der Waals surface area contributed by atoms with Crippen LogP contribution in [-0.4, -0.2) is 41.3 Å². The molecule has 1 aromatic heterocycles. The molecule has 1 aliphatic rings. The Morgan fingerprint density at radius 3 is 2.96 bits per heavy atom. The zero-order valence-corrected chi connectivity index (χ0v) is 13.2. The lowest BCUT2D eigenvalue weighted by molar-refractivity contribution is -0.123. The van der Waals surface area contributed by atoms with Crippen LogP contribution >= 0.6 is 0 Å². The number of nitrogens with one attached hydrogen (secondary N) is 2. The minimum absolute atomic E-state index is 0.0296. The smallest absolute Gasteiger partial charge is 0.237 e. The minimum atomic E-state index is -0.166. The monoisotopic (exact) mass is 314 g/mol. The van der Waals surface area contributed by atoms with Crippen LogP contribution in [0.3, 0.4) is 0 Å². The maximum Gasteiger partial charge on any atom is 0.237 e. The van der Waals surface area contributed by atoms with E-state index in [9.17, 15) is 4.79 Å². The van der Waals surface area contributed by atoms with Crippen LogP contribution in [0.5, 0.6) is 0 Å². The maximum atomic E-state index is 12.3. The number of methoxy groups -OCH3 is 1. The Balaban J connectivity index is 1.59. The Labute approximate surface area is 135 Å². The number of amides is 1. The van der Waals surface area contributed by atoms with Crippen LogP contribution in [0.1, 0.15) is 17.5 Å². The lowest BCUT2D eigenvalue weighted by atomic mass is 10.1. The van der Waals surface area contributed by atoms with Gasteiger partial charge in [-0.3, -0.25) is 4.79 Å². The normalized spacial score (nSPS) is 20.6. The Kier molecular flexibility index (Phi) is 5.05. The van der Waals surface area contributed by atoms with Gasteiger partial charge in [-0.05, 0) is 17.5 Å². The molecule has 1 fully saturated rings. The molecule has 122 valence electrons. The van der Waals surface area contributed by atoms with Gasteiger partial charge in [-0.2, -0.15) is 0 Å². The van der Waals surface area contributed by atoms with Crippen molar-refractivity contribution in [3.8, 4) is 0 Å². The molecular formula is C17H22N4O2. The highest BCUT2D eigenvalue weighted by Crippen LogP contribution is 2.12. The Bertz CT molecular complexity index is 642. The summed E-state index contributed by atoms with van der Waals surface area (Å²) in [5, 5.41) is 6.22. The SMILES string of the molecule is CO[C@@H]1CN[C@H](C(=O)NCc2ccccc2Cn2ccnc2)C1. The van der Waals surface area contributed by atoms with E-state index in [4.69, 9.17) is 4.74 Å². The molecule has 1 aliphatic heterocycles. The topological polar surface area (TPSA) is 68.2 Å². The molecule has 0 spiro atoms. The van der Waals surface area contributed by atoms with Gasteiger partial charge in [-0.25, -0.2) is 4.98 Å². The molecule has 3 rings (SSSR count). The highest BCUT2D eigenvalue weighted by atomic mass is 16.5. The van der Waals surface area contributed by atoms with E-state index in [0.717, 1.165) is 25.1 Å². The second kappa shape index (κ2) is 7.39. The summed E-state index contributed by atoms with van der Waals surface area (Å²) in [6.07, 6.45) is 6.34. The van der Waals surface area contributed by atoms with Crippen molar-refractivity contribution in [1.29, 1.82) is 0 Å². The highest BCUT2D eigenvalue weighted by Gasteiger charge is 2.29. The summed E-state index contributed by atoms with van der Waals surface area (Å²) in [5.74, 6) is 0.0296. The van der Waals surface area contributed by atoms with Crippen LogP contribution in [0.2, 0.25) is 0 Å². The molecule has 2 heterocycles. The molecule has 6 nitrogen and oxygen atoms in total. The van der Waals surface area contributed by atoms with E-state index >= 15 is 0 Å². The van der Waals surface area contributed by atoms with E-state index in [1.807, 2.05) is 29.0 Å². The quantitative estimate of drug-likeness (QED) is 0.832. The zero-order chi connectivity index (χ0) is 16.1. The van der Waals surface area contributed by atoms with Gasteiger partial charge < -0.3 is 19.9 Å². The molecular weight excluding hydrogens is 292 g/mol. The molecule has 6 heteroatoms. The van der Waals surface area contributed by atoms with Crippen molar-refractivity contribution in [2.45, 2.75) is 31.7 Å². The summed E-state index contributed by atoms with van der Waals surface area (Å²) >= 11 is 0. The number of benzene rings is 1. The van der Waals surface area contributed by atoms with E-state index in [1.165, 1.54) is 5.56 Å². The molecule has 2 atom stereocenters. The number of aromatic nitrogens is 2. The fraction of sp³-hybridized carbons (Fsp3) is 0.412. The lowest BCUT2D eigenvalue weighted by Crippen LogP contribution is -2.40. The van der Waals surface area contributed by atoms with Crippen molar-refractivity contribution in [2.75, 3.05) is 13.7 Å². The van der Waals surface area contributed by atoms with Crippen LogP contribution in [0.15, 0.2) is 43.0 Å². The van der Waals surface area contributed by atoms with Crippen LogP contribution in [-0.2, 0) is 22.6 Å². The lowest BCUT2D eigenvalue weighted by Gasteiger charge is -2.14. The molecule has 2 aromatic rings. The van der Waals surface area contributed by atoms with E-state index < -0.39 is 0 Å². The predicted molar refractivity (Wildman–Crippen MR) is 86.8 cm³/mol. The molecule has 0 radical (unpaired) electrons. The van der Waals surface area contributed by atoms with Gasteiger partial charge in [-0.1, -0.05) is 24.3 Å². The van der Waals surface area contributed by atoms with Crippen molar-refractivity contribution in [1.82, 2.24) is 20.2 Å². The predicted octanol–water partition coefficient (Wildman–Crippen LogP) is 0.925. The third kappa shape index (κ3) is 3.97. The zero-order valence-electron chi connectivity index (χ0n) is 13.2. The summed E-state index contributed by atoms with van der Waals surface area (Å²) in [6.45, 7) is 2.00. The molecule has 1 amide bonds. The molecule has 1 saturated heterocycles. The van der Waals surface area contributed by atoms with E-state index in [-0.39, 0.29) is 18.1 Å². The average Bonchev–Trinajstić information content (AvgIpc) is 3.25. The van der Waals surface area contributed by atoms with Gasteiger partial charge >= 0.3 is 0 Å². The summed E-state index contributed by atoms with van der Waals surface area (Å²) in [7, 11) is 1.68. The number of nitrogens with zero attached hydrogens (tertiary/aromatic N) is 2. The number of rotatable bonds is 6. The maximum absolute atomic E-state index is 12.3. The van der Waals surface area contributed by atoms with Gasteiger partial charge in [-0.15, -0.1) is 0 Å². The fourth-order valence-corrected chi connectivity index (χ4v) is 2.85. The van der Waals surface area contributed by atoms with Gasteiger partial charge in [0.05, 0.1) is 18.5 Å². The first kappa shape index (κ1) is 15.7. The summed E-state index contributed by atoms with van der Waals surface area (Å²) in [5.41, 5.74) is 2.30. The number of carbonyl (C=O) groups excluding carboxylic acids is 1. The van der Waals surface area contributed by atoms with Crippen LogP contribution < -0.4 is 10.6 Å². The van der Waals surface area contributed by atoms with E-state index in [0.29, 0.717) is 6.54 Å². The third-order valence-corrected chi connectivity index (χ3v) is 4.22. The fourth-order valence-electron chi connectivity index (χ4n) is 2.85. The van der Waals surface area contributed by atoms with Crippen molar-refractivity contribution in [3.05, 3.63) is 54.1 Å². The molecule has 0 bridgehead atoms. The van der Waals surface area contributed by atoms with E-state index in [1.54, 1.807) is 19.6 Å². The van der Waals surface area contributed by atoms with Crippen molar-refractivity contribution in [3.63, 3.8) is 0 Å². The van der Waals surface area contributed by atoms with Gasteiger partial charge in [0, 0.05) is 39.1 Å². The molecule has 0 unspecified atom stereocenters. The second-order valence-electron chi connectivity index (χ2n) is 5.78. The first-order chi connectivity index (χ1) is 11.3. The van der Waals surface area contributed by atoms with Crippen molar-refractivity contribution < 1.29 is 9.53 Å². The summed E-state index contributed by atoms with van der Waals surface area (Å²) in [6, 6.07) is 7.97. The van der Waals surface area contributed by atoms with Gasteiger partial charge in [0.15, 0.2) is 0 Å². The van der Waals surface area contributed by atoms with Gasteiger partial charge in [0.2, 0.25) is 5.91 Å². The largest absolute Gasteiger partial charge is 0.380 e. The Hall–Kier alpha value is -2.18. The summed E-state index contributed by atoms with van der Waals surface area (Å²) < 4.78 is 7.30. The molecule has 0 aliphatic carbocycles. The highest BCUT2D eigenvalue weighted by molar-refractivity contribution is 5.82. The number of carbonyl (C=O) groups is 1. The number of ether oxygens (including phenoxy) is 1. The Morgan fingerprint density at radius 1 is 1.43 bits per heavy atom.